The van der Waals surface area contributed by atoms with Gasteiger partial charge in [-0.1, -0.05) is 0 Å². The molecule has 0 aromatic carbocycles. The maximum absolute atomic E-state index is 10.3. The topological polar surface area (TPSA) is 107 Å². The van der Waals surface area contributed by atoms with E-state index in [1.54, 1.807) is 0 Å². The van der Waals surface area contributed by atoms with Gasteiger partial charge >= 0.3 is 7.60 Å². The Hall–Kier alpha value is 0.0600. The van der Waals surface area contributed by atoms with Crippen molar-refractivity contribution < 1.29 is 21.8 Å². The molecule has 0 aromatic heterocycles. The molecule has 0 amide bonds. The first-order chi connectivity index (χ1) is 4.27. The summed E-state index contributed by atoms with van der Waals surface area (Å²) in [5.74, 6) is -0.800. The monoisotopic (exact) mass is 189 g/mol. The minimum atomic E-state index is -4.01. The lowest BCUT2D eigenvalue weighted by Crippen LogP contribution is -2.15. The van der Waals surface area contributed by atoms with Crippen LogP contribution in [-0.4, -0.2) is 25.9 Å². The molecule has 0 heterocycles. The van der Waals surface area contributed by atoms with Crippen LogP contribution in [0.2, 0.25) is 0 Å². The van der Waals surface area contributed by atoms with Gasteiger partial charge in [-0.3, -0.25) is 4.57 Å². The van der Waals surface area contributed by atoms with E-state index in [2.05, 4.69) is 9.70 Å². The van der Waals surface area contributed by atoms with Crippen molar-refractivity contribution in [3.63, 3.8) is 0 Å². The van der Waals surface area contributed by atoms with Gasteiger partial charge in [0, 0.05) is 6.66 Å². The highest BCUT2D eigenvalue weighted by Gasteiger charge is 2.20. The van der Waals surface area contributed by atoms with Gasteiger partial charge in [-0.2, -0.15) is 12.4 Å². The molecule has 10 heavy (non-hydrogen) atoms. The Labute approximate surface area is 58.6 Å². The van der Waals surface area contributed by atoms with E-state index in [4.69, 9.17) is 4.89 Å². The zero-order valence-corrected chi connectivity index (χ0v) is 6.93. The normalized spacial score (nSPS) is 18.3. The Morgan fingerprint density at radius 1 is 1.70 bits per heavy atom. The van der Waals surface area contributed by atoms with Crippen LogP contribution in [-0.2, 0) is 18.7 Å². The van der Waals surface area contributed by atoms with Crippen LogP contribution >= 0.6 is 7.60 Å². The third-order valence-corrected chi connectivity index (χ3v) is 2.88. The van der Waals surface area contributed by atoms with Gasteiger partial charge in [0.1, 0.15) is 5.88 Å². The number of hydrogen-bond donors (Lipinski definition) is 2. The summed E-state index contributed by atoms with van der Waals surface area (Å²) >= 11 is 0. The van der Waals surface area contributed by atoms with Gasteiger partial charge < -0.3 is 10.6 Å². The zero-order chi connectivity index (χ0) is 8.41. The fourth-order valence-electron chi connectivity index (χ4n) is 0.241. The van der Waals surface area contributed by atoms with Crippen LogP contribution in [0.5, 0.6) is 0 Å². The molecule has 1 unspecified atom stereocenters. The van der Waals surface area contributed by atoms with Gasteiger partial charge in [-0.15, -0.1) is 0 Å². The number of rotatable bonds is 3. The average Bonchev–Trinajstić information content (AvgIpc) is 1.60. The van der Waals surface area contributed by atoms with E-state index in [1.165, 1.54) is 0 Å². The quantitative estimate of drug-likeness (QED) is 0.555. The maximum Gasteiger partial charge on any atom is 0.339 e. The summed E-state index contributed by atoms with van der Waals surface area (Å²) in [6, 6.07) is 0. The Balaban J connectivity index is 4.33. The molecule has 0 aliphatic rings. The lowest BCUT2D eigenvalue weighted by Gasteiger charge is -2.03. The van der Waals surface area contributed by atoms with E-state index in [9.17, 15) is 13.0 Å². The van der Waals surface area contributed by atoms with Crippen molar-refractivity contribution in [3.8, 4) is 0 Å². The van der Waals surface area contributed by atoms with Crippen LogP contribution in [0.4, 0.5) is 0 Å². The van der Waals surface area contributed by atoms with Crippen LogP contribution in [0.3, 0.4) is 0 Å². The Kier molecular flexibility index (Phi) is 3.00. The first kappa shape index (κ1) is 10.1. The van der Waals surface area contributed by atoms with Crippen molar-refractivity contribution in [3.05, 3.63) is 0 Å². The van der Waals surface area contributed by atoms with Crippen LogP contribution in [0.25, 0.3) is 0 Å². The molecule has 0 aliphatic carbocycles. The third kappa shape index (κ3) is 4.89. The smallest absolute Gasteiger partial charge is 0.324 e. The summed E-state index contributed by atoms with van der Waals surface area (Å²) in [7, 11) is -7.98. The summed E-state index contributed by atoms with van der Waals surface area (Å²) in [6.45, 7) is 0.764. The molecule has 0 fully saturated rings. The lowest BCUT2D eigenvalue weighted by molar-refractivity contribution is 0.384. The molecule has 62 valence electrons. The molecule has 0 spiro atoms. The van der Waals surface area contributed by atoms with Gasteiger partial charge in [0.2, 0.25) is 0 Å². The molecule has 0 aromatic rings. The Morgan fingerprint density at radius 3 is 2.20 bits per heavy atom. The fourth-order valence-corrected chi connectivity index (χ4v) is 2.17. The average molecular weight is 189 g/mol. The highest BCUT2D eigenvalue weighted by atomic mass is 32.2. The summed E-state index contributed by atoms with van der Waals surface area (Å²) in [5, 5.41) is 0. The van der Waals surface area contributed by atoms with Crippen molar-refractivity contribution >= 4 is 17.7 Å². The van der Waals surface area contributed by atoms with Crippen molar-refractivity contribution in [1.29, 1.82) is 0 Å². The van der Waals surface area contributed by atoms with Crippen molar-refractivity contribution in [1.82, 2.24) is 0 Å². The first-order valence-electron chi connectivity index (χ1n) is 2.21. The van der Waals surface area contributed by atoms with E-state index in [-0.39, 0.29) is 0 Å². The predicted molar refractivity (Wildman–Crippen MR) is 34.8 cm³/mol. The largest absolute Gasteiger partial charge is 0.339 e. The molecule has 0 saturated heterocycles. The van der Waals surface area contributed by atoms with E-state index in [0.29, 0.717) is 0 Å². The first-order valence-corrected chi connectivity index (χ1v) is 5.81. The van der Waals surface area contributed by atoms with Crippen LogP contribution in [0.15, 0.2) is 0 Å². The summed E-state index contributed by atoms with van der Waals surface area (Å²) in [5.41, 5.74) is 4.67. The summed E-state index contributed by atoms with van der Waals surface area (Å²) in [6.07, 6.45) is 0. The minimum Gasteiger partial charge on any atom is -0.324 e. The SMILES string of the molecule is CP(=O)(O)OS(=O)(=O)CN. The second-order valence-electron chi connectivity index (χ2n) is 1.60. The minimum absolute atomic E-state index is 0.764. The second kappa shape index (κ2) is 2.98. The van der Waals surface area contributed by atoms with E-state index in [1.807, 2.05) is 0 Å². The van der Waals surface area contributed by atoms with Gasteiger partial charge in [0.25, 0.3) is 10.1 Å². The maximum atomic E-state index is 10.3. The molecule has 1 atom stereocenters. The van der Waals surface area contributed by atoms with E-state index < -0.39 is 23.6 Å². The highest BCUT2D eigenvalue weighted by Crippen LogP contribution is 2.38. The second-order valence-corrected chi connectivity index (χ2v) is 5.25. The molecule has 0 radical (unpaired) electrons. The molecule has 0 saturated carbocycles. The Bertz CT molecular complexity index is 238. The van der Waals surface area contributed by atoms with E-state index >= 15 is 0 Å². The van der Waals surface area contributed by atoms with Gasteiger partial charge in [0.05, 0.1) is 0 Å². The van der Waals surface area contributed by atoms with Crippen molar-refractivity contribution in [2.75, 3.05) is 12.5 Å². The van der Waals surface area contributed by atoms with Crippen LogP contribution < -0.4 is 5.73 Å². The Morgan fingerprint density at radius 2 is 2.10 bits per heavy atom. The van der Waals surface area contributed by atoms with Crippen molar-refractivity contribution in [2.24, 2.45) is 5.73 Å². The van der Waals surface area contributed by atoms with Crippen LogP contribution in [0.1, 0.15) is 0 Å². The molecule has 3 N–H and O–H groups in total. The molecular weight excluding hydrogens is 181 g/mol. The highest BCUT2D eigenvalue weighted by molar-refractivity contribution is 7.90. The van der Waals surface area contributed by atoms with Gasteiger partial charge in [-0.05, 0) is 0 Å². The standard InChI is InChI=1S/C2H8NO5PS/c1-9(4,5)8-10(6,7)2-3/h2-3H2,1H3,(H,4,5). The summed E-state index contributed by atoms with van der Waals surface area (Å²) in [4.78, 5) is 8.38. The molecule has 0 aliphatic heterocycles. The van der Waals surface area contributed by atoms with Crippen LogP contribution in [0, 0.1) is 0 Å². The molecule has 0 bridgehead atoms. The fraction of sp³-hybridized carbons (Fsp3) is 1.00. The predicted octanol–water partition coefficient (Wildman–Crippen LogP) is -0.936. The van der Waals surface area contributed by atoms with E-state index in [0.717, 1.165) is 6.66 Å². The van der Waals surface area contributed by atoms with Gasteiger partial charge in [-0.25, -0.2) is 0 Å². The zero-order valence-electron chi connectivity index (χ0n) is 5.22. The summed E-state index contributed by atoms with van der Waals surface area (Å²) < 4.78 is 34.7. The molecular formula is C2H8NO5PS. The molecule has 0 rings (SSSR count). The molecule has 6 nitrogen and oxygen atoms in total. The van der Waals surface area contributed by atoms with Gasteiger partial charge in [0.15, 0.2) is 0 Å². The third-order valence-electron chi connectivity index (χ3n) is 0.456. The van der Waals surface area contributed by atoms with Crippen molar-refractivity contribution in [2.45, 2.75) is 0 Å². The number of hydrogen-bond acceptors (Lipinski definition) is 5. The molecule has 8 heteroatoms. The lowest BCUT2D eigenvalue weighted by atomic mass is 11.6. The number of nitrogens with two attached hydrogens (primary N) is 1.